The number of amides is 2. The van der Waals surface area contributed by atoms with Crippen LogP contribution in [0.1, 0.15) is 32.9 Å². The maximum Gasteiger partial charge on any atom is 0.278 e. The quantitative estimate of drug-likeness (QED) is 0.662. The predicted octanol–water partition coefficient (Wildman–Crippen LogP) is 4.06. The molecule has 0 radical (unpaired) electrons. The second-order valence-electron chi connectivity index (χ2n) is 6.97. The van der Waals surface area contributed by atoms with E-state index in [9.17, 15) is 9.59 Å². The summed E-state index contributed by atoms with van der Waals surface area (Å²) >= 11 is 6.08. The van der Waals surface area contributed by atoms with Crippen molar-refractivity contribution in [1.29, 1.82) is 0 Å². The smallest absolute Gasteiger partial charge is 0.278 e. The summed E-state index contributed by atoms with van der Waals surface area (Å²) in [5.41, 5.74) is 4.99. The minimum absolute atomic E-state index is 0.0683. The van der Waals surface area contributed by atoms with Gasteiger partial charge in [0.05, 0.1) is 5.69 Å². The van der Waals surface area contributed by atoms with Crippen molar-refractivity contribution in [1.82, 2.24) is 15.0 Å². The lowest BCUT2D eigenvalue weighted by Gasteiger charge is -2.09. The lowest BCUT2D eigenvalue weighted by atomic mass is 10.1. The van der Waals surface area contributed by atoms with E-state index in [2.05, 4.69) is 20.9 Å². The Morgan fingerprint density at radius 3 is 2.45 bits per heavy atom. The number of benzene rings is 2. The number of nitrogens with zero attached hydrogens (tertiary/aromatic N) is 3. The fourth-order valence-corrected chi connectivity index (χ4v) is 3.04. The summed E-state index contributed by atoms with van der Waals surface area (Å²) in [6, 6.07) is 11.0. The molecule has 29 heavy (non-hydrogen) atoms. The summed E-state index contributed by atoms with van der Waals surface area (Å²) in [5, 5.41) is 14.1. The Balaban J connectivity index is 1.68. The van der Waals surface area contributed by atoms with E-state index in [0.29, 0.717) is 22.1 Å². The number of hydrogen-bond donors (Lipinski definition) is 2. The van der Waals surface area contributed by atoms with E-state index >= 15 is 0 Å². The zero-order chi connectivity index (χ0) is 21.1. The fourth-order valence-electron chi connectivity index (χ4n) is 2.86. The maximum absolute atomic E-state index is 12.6. The van der Waals surface area contributed by atoms with Gasteiger partial charge in [0.15, 0.2) is 5.69 Å². The van der Waals surface area contributed by atoms with Crippen LogP contribution in [0.4, 0.5) is 11.4 Å². The summed E-state index contributed by atoms with van der Waals surface area (Å²) in [4.78, 5) is 24.9. The highest BCUT2D eigenvalue weighted by molar-refractivity contribution is 6.31. The van der Waals surface area contributed by atoms with Crippen LogP contribution >= 0.6 is 11.6 Å². The zero-order valence-electron chi connectivity index (χ0n) is 16.7. The molecule has 150 valence electrons. The molecule has 0 saturated heterocycles. The predicted molar refractivity (Wildman–Crippen MR) is 113 cm³/mol. The zero-order valence-corrected chi connectivity index (χ0v) is 17.5. The van der Waals surface area contributed by atoms with Gasteiger partial charge in [-0.05, 0) is 57.0 Å². The van der Waals surface area contributed by atoms with E-state index in [1.165, 1.54) is 4.68 Å². The summed E-state index contributed by atoms with van der Waals surface area (Å²) in [6.07, 6.45) is 0. The fraction of sp³-hybridized carbons (Fsp3) is 0.238. The first kappa shape index (κ1) is 20.5. The molecule has 0 fully saturated rings. The Kier molecular flexibility index (Phi) is 5.98. The lowest BCUT2D eigenvalue weighted by molar-refractivity contribution is -0.117. The Hall–Kier alpha value is -3.19. The van der Waals surface area contributed by atoms with Crippen molar-refractivity contribution in [2.45, 2.75) is 34.2 Å². The molecular weight excluding hydrogens is 390 g/mol. The Morgan fingerprint density at radius 2 is 1.76 bits per heavy atom. The number of rotatable bonds is 5. The molecule has 0 aliphatic carbocycles. The largest absolute Gasteiger partial charge is 0.324 e. The van der Waals surface area contributed by atoms with Crippen molar-refractivity contribution in [3.8, 4) is 0 Å². The van der Waals surface area contributed by atoms with Gasteiger partial charge in [-0.15, -0.1) is 5.10 Å². The monoisotopic (exact) mass is 411 g/mol. The van der Waals surface area contributed by atoms with Gasteiger partial charge >= 0.3 is 0 Å². The van der Waals surface area contributed by atoms with Crippen LogP contribution in [-0.4, -0.2) is 26.8 Å². The molecule has 0 aliphatic heterocycles. The first-order valence-electron chi connectivity index (χ1n) is 9.09. The average molecular weight is 412 g/mol. The molecular formula is C21H22ClN5O2. The molecule has 1 heterocycles. The molecule has 2 aromatic carbocycles. The summed E-state index contributed by atoms with van der Waals surface area (Å²) in [7, 11) is 0. The normalized spacial score (nSPS) is 10.7. The minimum atomic E-state index is -0.369. The highest BCUT2D eigenvalue weighted by Gasteiger charge is 2.18. The van der Waals surface area contributed by atoms with Crippen molar-refractivity contribution in [3.63, 3.8) is 0 Å². The molecule has 0 aliphatic rings. The molecule has 0 atom stereocenters. The Bertz CT molecular complexity index is 1090. The number of carbonyl (C=O) groups excluding carboxylic acids is 2. The van der Waals surface area contributed by atoms with E-state index in [1.807, 2.05) is 45.0 Å². The van der Waals surface area contributed by atoms with E-state index in [-0.39, 0.29) is 24.1 Å². The molecule has 1 aromatic heterocycles. The number of aromatic nitrogens is 3. The van der Waals surface area contributed by atoms with Gasteiger partial charge < -0.3 is 10.6 Å². The topological polar surface area (TPSA) is 88.9 Å². The van der Waals surface area contributed by atoms with Crippen molar-refractivity contribution < 1.29 is 9.59 Å². The van der Waals surface area contributed by atoms with E-state index in [4.69, 9.17) is 11.6 Å². The SMILES string of the molecule is Cc1ccc(NC(=O)c2nnn(CC(=O)Nc3ccc(C)c(Cl)c3)c2C)c(C)c1. The molecule has 2 amide bonds. The van der Waals surface area contributed by atoms with Crippen LogP contribution in [0.3, 0.4) is 0 Å². The van der Waals surface area contributed by atoms with Crippen LogP contribution in [0.5, 0.6) is 0 Å². The Labute approximate surface area is 174 Å². The van der Waals surface area contributed by atoms with Crippen LogP contribution in [-0.2, 0) is 11.3 Å². The Morgan fingerprint density at radius 1 is 1.00 bits per heavy atom. The third-order valence-corrected chi connectivity index (χ3v) is 4.98. The van der Waals surface area contributed by atoms with Gasteiger partial charge in [-0.25, -0.2) is 4.68 Å². The molecule has 0 unspecified atom stereocenters. The average Bonchev–Trinajstić information content (AvgIpc) is 3.01. The van der Waals surface area contributed by atoms with Crippen LogP contribution < -0.4 is 10.6 Å². The third kappa shape index (κ3) is 4.81. The number of hydrogen-bond acceptors (Lipinski definition) is 4. The molecule has 0 bridgehead atoms. The van der Waals surface area contributed by atoms with Gasteiger partial charge in [-0.3, -0.25) is 9.59 Å². The van der Waals surface area contributed by atoms with Crippen molar-refractivity contribution >= 4 is 34.8 Å². The van der Waals surface area contributed by atoms with Gasteiger partial charge in [0.25, 0.3) is 5.91 Å². The molecule has 3 rings (SSSR count). The van der Waals surface area contributed by atoms with Gasteiger partial charge in [-0.2, -0.15) is 0 Å². The second kappa shape index (κ2) is 8.45. The van der Waals surface area contributed by atoms with Gasteiger partial charge in [-0.1, -0.05) is 40.6 Å². The van der Waals surface area contributed by atoms with E-state index in [0.717, 1.165) is 16.7 Å². The summed E-state index contributed by atoms with van der Waals surface area (Å²) in [6.45, 7) is 7.43. The van der Waals surface area contributed by atoms with Crippen molar-refractivity contribution in [2.24, 2.45) is 0 Å². The van der Waals surface area contributed by atoms with Crippen LogP contribution in [0.15, 0.2) is 36.4 Å². The lowest BCUT2D eigenvalue weighted by Crippen LogP contribution is -2.21. The minimum Gasteiger partial charge on any atom is -0.324 e. The van der Waals surface area contributed by atoms with Crippen molar-refractivity contribution in [2.75, 3.05) is 10.6 Å². The van der Waals surface area contributed by atoms with E-state index < -0.39 is 0 Å². The van der Waals surface area contributed by atoms with Gasteiger partial charge in [0.2, 0.25) is 5.91 Å². The number of halogens is 1. The highest BCUT2D eigenvalue weighted by Crippen LogP contribution is 2.20. The molecule has 2 N–H and O–H groups in total. The molecule has 0 spiro atoms. The van der Waals surface area contributed by atoms with Crippen LogP contribution in [0.25, 0.3) is 0 Å². The molecule has 3 aromatic rings. The standard InChI is InChI=1S/C21H22ClN5O2/c1-12-5-8-18(14(3)9-12)24-21(29)20-15(4)27(26-25-20)11-19(28)23-16-7-6-13(2)17(22)10-16/h5-10H,11H2,1-4H3,(H,23,28)(H,24,29). The van der Waals surface area contributed by atoms with Crippen LogP contribution in [0, 0.1) is 27.7 Å². The van der Waals surface area contributed by atoms with E-state index in [1.54, 1.807) is 19.1 Å². The number of aryl methyl sites for hydroxylation is 3. The molecule has 7 nitrogen and oxygen atoms in total. The second-order valence-corrected chi connectivity index (χ2v) is 7.37. The third-order valence-electron chi connectivity index (χ3n) is 4.58. The van der Waals surface area contributed by atoms with Crippen LogP contribution in [0.2, 0.25) is 5.02 Å². The highest BCUT2D eigenvalue weighted by atomic mass is 35.5. The first-order chi connectivity index (χ1) is 13.7. The number of carbonyl (C=O) groups is 2. The molecule has 8 heteroatoms. The number of anilines is 2. The summed E-state index contributed by atoms with van der Waals surface area (Å²) in [5.74, 6) is -0.661. The number of nitrogens with one attached hydrogen (secondary N) is 2. The molecule has 0 saturated carbocycles. The van der Waals surface area contributed by atoms with Gasteiger partial charge in [0, 0.05) is 16.4 Å². The van der Waals surface area contributed by atoms with Crippen molar-refractivity contribution in [3.05, 3.63) is 69.5 Å². The maximum atomic E-state index is 12.6. The van der Waals surface area contributed by atoms with Gasteiger partial charge in [0.1, 0.15) is 6.54 Å². The first-order valence-corrected chi connectivity index (χ1v) is 9.47. The summed E-state index contributed by atoms with van der Waals surface area (Å²) < 4.78 is 1.39.